The summed E-state index contributed by atoms with van der Waals surface area (Å²) in [5, 5.41) is 3.57. The number of hydrogen-bond acceptors (Lipinski definition) is 3. The Balaban J connectivity index is 1.64. The third-order valence-corrected chi connectivity index (χ3v) is 6.39. The summed E-state index contributed by atoms with van der Waals surface area (Å²) in [6.07, 6.45) is 0.910. The lowest BCUT2D eigenvalue weighted by Crippen LogP contribution is -2.45. The average molecular weight is 396 g/mol. The fourth-order valence-electron chi connectivity index (χ4n) is 4.54. The molecule has 3 aromatic rings. The van der Waals surface area contributed by atoms with E-state index < -0.39 is 0 Å². The first-order valence-electron chi connectivity index (χ1n) is 10.5. The van der Waals surface area contributed by atoms with Gasteiger partial charge < -0.3 is 10.2 Å². The number of anilines is 2. The molecule has 5 rings (SSSR count). The van der Waals surface area contributed by atoms with Gasteiger partial charge in [0.05, 0.1) is 16.9 Å². The lowest BCUT2D eigenvalue weighted by Gasteiger charge is -2.36. The van der Waals surface area contributed by atoms with Crippen molar-refractivity contribution in [3.63, 3.8) is 0 Å². The molecule has 1 amide bonds. The summed E-state index contributed by atoms with van der Waals surface area (Å²) in [6.45, 7) is 6.84. The number of carbonyl (C=O) groups excluding carboxylic acids is 2. The van der Waals surface area contributed by atoms with E-state index in [9.17, 15) is 9.59 Å². The van der Waals surface area contributed by atoms with Gasteiger partial charge >= 0.3 is 0 Å². The number of benzene rings is 3. The van der Waals surface area contributed by atoms with Gasteiger partial charge in [0.1, 0.15) is 0 Å². The van der Waals surface area contributed by atoms with Gasteiger partial charge in [0.15, 0.2) is 5.78 Å². The number of hydrogen-bond donors (Lipinski definition) is 1. The van der Waals surface area contributed by atoms with Crippen molar-refractivity contribution in [2.75, 3.05) is 16.8 Å². The Labute approximate surface area is 176 Å². The third kappa shape index (κ3) is 2.67. The summed E-state index contributed by atoms with van der Waals surface area (Å²) in [5.41, 5.74) is 7.64. The van der Waals surface area contributed by atoms with Crippen molar-refractivity contribution in [3.05, 3.63) is 82.4 Å². The van der Waals surface area contributed by atoms with Crippen LogP contribution in [0.15, 0.2) is 54.6 Å². The molecule has 1 unspecified atom stereocenters. The van der Waals surface area contributed by atoms with Gasteiger partial charge in [-0.05, 0) is 60.7 Å². The first-order valence-corrected chi connectivity index (χ1v) is 10.5. The van der Waals surface area contributed by atoms with E-state index in [0.29, 0.717) is 23.2 Å². The normalized spacial score (nSPS) is 16.6. The number of ketones is 1. The quantitative estimate of drug-likeness (QED) is 0.496. The van der Waals surface area contributed by atoms with Crippen molar-refractivity contribution >= 4 is 23.1 Å². The summed E-state index contributed by atoms with van der Waals surface area (Å²) in [6, 6.07) is 17.5. The van der Waals surface area contributed by atoms with Crippen LogP contribution in [0.25, 0.3) is 11.1 Å². The van der Waals surface area contributed by atoms with E-state index in [1.165, 1.54) is 5.56 Å². The number of aryl methyl sites for hydroxylation is 2. The third-order valence-electron chi connectivity index (χ3n) is 6.39. The average Bonchev–Trinajstić information content (AvgIpc) is 3.06. The van der Waals surface area contributed by atoms with Crippen molar-refractivity contribution in [1.29, 1.82) is 0 Å². The van der Waals surface area contributed by atoms with Gasteiger partial charge in [-0.1, -0.05) is 43.3 Å². The molecule has 150 valence electrons. The molecule has 0 fully saturated rings. The first kappa shape index (κ1) is 18.6. The SMILES string of the molecule is CCC1CN(C(=O)c2cccc3c2C(=O)c2ccccc2-3)c2cc(C)c(C)cc2N1. The van der Waals surface area contributed by atoms with Gasteiger partial charge in [0.25, 0.3) is 5.91 Å². The fraction of sp³-hybridized carbons (Fsp3) is 0.231. The molecule has 4 heteroatoms. The van der Waals surface area contributed by atoms with Crippen molar-refractivity contribution < 1.29 is 9.59 Å². The highest BCUT2D eigenvalue weighted by molar-refractivity contribution is 6.27. The van der Waals surface area contributed by atoms with E-state index in [-0.39, 0.29) is 17.7 Å². The molecule has 0 radical (unpaired) electrons. The Kier molecular flexibility index (Phi) is 4.24. The summed E-state index contributed by atoms with van der Waals surface area (Å²) >= 11 is 0. The molecule has 4 nitrogen and oxygen atoms in total. The smallest absolute Gasteiger partial charge is 0.259 e. The molecule has 2 aliphatic rings. The van der Waals surface area contributed by atoms with Crippen LogP contribution in [0.5, 0.6) is 0 Å². The second-order valence-corrected chi connectivity index (χ2v) is 8.22. The monoisotopic (exact) mass is 396 g/mol. The van der Waals surface area contributed by atoms with Gasteiger partial charge in [-0.15, -0.1) is 0 Å². The second-order valence-electron chi connectivity index (χ2n) is 8.22. The van der Waals surface area contributed by atoms with Crippen LogP contribution in [0.3, 0.4) is 0 Å². The highest BCUT2D eigenvalue weighted by Gasteiger charge is 2.35. The van der Waals surface area contributed by atoms with E-state index in [1.54, 1.807) is 6.07 Å². The van der Waals surface area contributed by atoms with Gasteiger partial charge in [0, 0.05) is 23.7 Å². The number of nitrogens with one attached hydrogen (secondary N) is 1. The molecule has 0 bridgehead atoms. The van der Waals surface area contributed by atoms with Crippen LogP contribution >= 0.6 is 0 Å². The van der Waals surface area contributed by atoms with Crippen molar-refractivity contribution in [3.8, 4) is 11.1 Å². The fourth-order valence-corrected chi connectivity index (χ4v) is 4.54. The minimum atomic E-state index is -0.113. The van der Waals surface area contributed by atoms with Crippen LogP contribution in [0, 0.1) is 13.8 Å². The molecule has 0 aromatic heterocycles. The largest absolute Gasteiger partial charge is 0.379 e. The first-order chi connectivity index (χ1) is 14.5. The maximum absolute atomic E-state index is 13.8. The molecule has 1 aliphatic heterocycles. The topological polar surface area (TPSA) is 49.4 Å². The van der Waals surface area contributed by atoms with Crippen molar-refractivity contribution in [2.45, 2.75) is 33.2 Å². The van der Waals surface area contributed by atoms with Gasteiger partial charge in [-0.25, -0.2) is 0 Å². The molecule has 0 spiro atoms. The van der Waals surface area contributed by atoms with E-state index in [0.717, 1.165) is 34.5 Å². The Morgan fingerprint density at radius 2 is 1.70 bits per heavy atom. The predicted octanol–water partition coefficient (Wildman–Crippen LogP) is 5.37. The van der Waals surface area contributed by atoms with Crippen molar-refractivity contribution in [2.24, 2.45) is 0 Å². The van der Waals surface area contributed by atoms with Crippen LogP contribution < -0.4 is 10.2 Å². The van der Waals surface area contributed by atoms with Crippen molar-refractivity contribution in [1.82, 2.24) is 0 Å². The molecule has 30 heavy (non-hydrogen) atoms. The lowest BCUT2D eigenvalue weighted by atomic mass is 9.97. The lowest BCUT2D eigenvalue weighted by molar-refractivity contribution is 0.0970. The zero-order chi connectivity index (χ0) is 21.0. The summed E-state index contributed by atoms with van der Waals surface area (Å²) in [5.74, 6) is -0.176. The number of rotatable bonds is 2. The second kappa shape index (κ2) is 6.84. The zero-order valence-corrected chi connectivity index (χ0v) is 17.5. The Hall–Kier alpha value is -3.40. The van der Waals surface area contributed by atoms with Crippen LogP contribution in [-0.4, -0.2) is 24.3 Å². The molecule has 1 atom stereocenters. The van der Waals surface area contributed by atoms with Crippen LogP contribution in [0.2, 0.25) is 0 Å². The predicted molar refractivity (Wildman–Crippen MR) is 121 cm³/mol. The van der Waals surface area contributed by atoms with E-state index in [2.05, 4.69) is 38.2 Å². The summed E-state index contributed by atoms with van der Waals surface area (Å²) < 4.78 is 0. The molecule has 1 N–H and O–H groups in total. The molecular weight excluding hydrogens is 372 g/mol. The number of fused-ring (bicyclic) bond motifs is 4. The number of amides is 1. The van der Waals surface area contributed by atoms with E-state index in [4.69, 9.17) is 0 Å². The summed E-state index contributed by atoms with van der Waals surface area (Å²) in [7, 11) is 0. The van der Waals surface area contributed by atoms with E-state index in [1.807, 2.05) is 41.3 Å². The standard InChI is InChI=1S/C26H24N2O2/c1-4-17-14-28(23-13-16(3)15(2)12-22(23)27-17)26(30)21-11-7-10-19-18-8-5-6-9-20(18)25(29)24(19)21/h5-13,17,27H,4,14H2,1-3H3. The Morgan fingerprint density at radius 1 is 1.00 bits per heavy atom. The maximum atomic E-state index is 13.8. The minimum Gasteiger partial charge on any atom is -0.379 e. The summed E-state index contributed by atoms with van der Waals surface area (Å²) in [4.78, 5) is 28.8. The molecule has 1 aliphatic carbocycles. The van der Waals surface area contributed by atoms with E-state index >= 15 is 0 Å². The number of nitrogens with zero attached hydrogens (tertiary/aromatic N) is 1. The molecule has 0 saturated carbocycles. The molecule has 1 heterocycles. The van der Waals surface area contributed by atoms with Crippen LogP contribution in [0.4, 0.5) is 11.4 Å². The highest BCUT2D eigenvalue weighted by atomic mass is 16.2. The van der Waals surface area contributed by atoms with Gasteiger partial charge in [0.2, 0.25) is 0 Å². The van der Waals surface area contributed by atoms with Gasteiger partial charge in [-0.3, -0.25) is 9.59 Å². The zero-order valence-electron chi connectivity index (χ0n) is 17.5. The van der Waals surface area contributed by atoms with Crippen LogP contribution in [-0.2, 0) is 0 Å². The maximum Gasteiger partial charge on any atom is 0.259 e. The molecular formula is C26H24N2O2. The van der Waals surface area contributed by atoms with Gasteiger partial charge in [-0.2, -0.15) is 0 Å². The number of carbonyl (C=O) groups is 2. The minimum absolute atomic E-state index is 0.0629. The van der Waals surface area contributed by atoms with Crippen LogP contribution in [0.1, 0.15) is 50.8 Å². The Bertz CT molecular complexity index is 1210. The Morgan fingerprint density at radius 3 is 2.47 bits per heavy atom. The molecule has 0 saturated heterocycles. The molecule has 3 aromatic carbocycles. The highest BCUT2D eigenvalue weighted by Crippen LogP contribution is 2.40.